The van der Waals surface area contributed by atoms with E-state index in [1.165, 1.54) is 23.4 Å². The second-order valence-electron chi connectivity index (χ2n) is 7.20. The molecular formula is C22H20N4O3S. The minimum Gasteiger partial charge on any atom is -0.344 e. The molecule has 8 heteroatoms. The van der Waals surface area contributed by atoms with Gasteiger partial charge in [-0.25, -0.2) is 0 Å². The summed E-state index contributed by atoms with van der Waals surface area (Å²) in [5, 5.41) is 22.0. The maximum atomic E-state index is 13.0. The molecule has 30 heavy (non-hydrogen) atoms. The number of thioether (sulfide) groups is 1. The average molecular weight is 420 g/mol. The van der Waals surface area contributed by atoms with Crippen molar-refractivity contribution in [2.75, 3.05) is 17.4 Å². The molecule has 0 radical (unpaired) electrons. The Labute approximate surface area is 178 Å². The zero-order valence-corrected chi connectivity index (χ0v) is 17.3. The molecule has 2 aliphatic heterocycles. The maximum Gasteiger partial charge on any atom is 0.273 e. The van der Waals surface area contributed by atoms with Gasteiger partial charge in [-0.15, -0.1) is 0 Å². The highest BCUT2D eigenvalue weighted by molar-refractivity contribution is 8.03. The molecule has 0 saturated carbocycles. The van der Waals surface area contributed by atoms with E-state index in [1.54, 1.807) is 23.1 Å². The quantitative estimate of drug-likeness (QED) is 0.539. The van der Waals surface area contributed by atoms with E-state index < -0.39 is 10.8 Å². The number of carbonyl (C=O) groups excluding carboxylic acids is 1. The smallest absolute Gasteiger partial charge is 0.273 e. The van der Waals surface area contributed by atoms with Gasteiger partial charge in [-0.1, -0.05) is 49.0 Å². The van der Waals surface area contributed by atoms with E-state index in [9.17, 15) is 20.2 Å². The van der Waals surface area contributed by atoms with Gasteiger partial charge in [0.25, 0.3) is 5.69 Å². The highest BCUT2D eigenvalue weighted by Crippen LogP contribution is 2.45. The Hall–Kier alpha value is -3.31. The van der Waals surface area contributed by atoms with Crippen LogP contribution in [0.1, 0.15) is 30.4 Å². The largest absolute Gasteiger partial charge is 0.344 e. The predicted molar refractivity (Wildman–Crippen MR) is 116 cm³/mol. The van der Waals surface area contributed by atoms with Crippen molar-refractivity contribution in [2.45, 2.75) is 25.7 Å². The SMILES string of the molecule is CCc1ccc(N2CSC3=C(C#N)C(c4ccccc4[N+](=O)[O-])CC(=O)N3C2)cc1. The Balaban J connectivity index is 1.67. The number of aryl methyl sites for hydroxylation is 1. The summed E-state index contributed by atoms with van der Waals surface area (Å²) in [6.45, 7) is 2.47. The second-order valence-corrected chi connectivity index (χ2v) is 8.13. The number of hydrogen-bond acceptors (Lipinski definition) is 6. The van der Waals surface area contributed by atoms with E-state index in [-0.39, 0.29) is 18.0 Å². The number of nitro benzene ring substituents is 1. The number of benzene rings is 2. The number of rotatable bonds is 4. The number of allylic oxidation sites excluding steroid dienone is 1. The molecule has 1 amide bonds. The van der Waals surface area contributed by atoms with Crippen LogP contribution in [0.2, 0.25) is 0 Å². The summed E-state index contributed by atoms with van der Waals surface area (Å²) in [6.07, 6.45) is 1.01. The highest BCUT2D eigenvalue weighted by atomic mass is 32.2. The summed E-state index contributed by atoms with van der Waals surface area (Å²) in [5.74, 6) is -0.132. The Morgan fingerprint density at radius 3 is 2.63 bits per heavy atom. The van der Waals surface area contributed by atoms with Gasteiger partial charge in [0.05, 0.1) is 34.1 Å². The molecule has 2 aromatic rings. The molecule has 1 unspecified atom stereocenters. The van der Waals surface area contributed by atoms with Crippen molar-refractivity contribution in [3.63, 3.8) is 0 Å². The summed E-state index contributed by atoms with van der Waals surface area (Å²) < 4.78 is 0. The number of carbonyl (C=O) groups is 1. The minimum atomic E-state index is -0.599. The van der Waals surface area contributed by atoms with Gasteiger partial charge < -0.3 is 4.90 Å². The van der Waals surface area contributed by atoms with Gasteiger partial charge in [0, 0.05) is 29.7 Å². The van der Waals surface area contributed by atoms with Crippen molar-refractivity contribution >= 4 is 29.0 Å². The fourth-order valence-electron chi connectivity index (χ4n) is 3.88. The average Bonchev–Trinajstić information content (AvgIpc) is 2.79. The molecule has 0 aliphatic carbocycles. The Morgan fingerprint density at radius 1 is 1.23 bits per heavy atom. The zero-order chi connectivity index (χ0) is 21.3. The number of para-hydroxylation sites is 1. The lowest BCUT2D eigenvalue weighted by Gasteiger charge is -2.42. The van der Waals surface area contributed by atoms with Crippen LogP contribution in [0, 0.1) is 21.4 Å². The van der Waals surface area contributed by atoms with E-state index in [1.807, 2.05) is 12.1 Å². The second kappa shape index (κ2) is 8.20. The molecule has 4 rings (SSSR count). The number of anilines is 1. The minimum absolute atomic E-state index is 0.0421. The molecule has 0 bridgehead atoms. The number of nitro groups is 1. The van der Waals surface area contributed by atoms with Crippen LogP contribution in [0.3, 0.4) is 0 Å². The van der Waals surface area contributed by atoms with Crippen LogP contribution < -0.4 is 4.90 Å². The number of fused-ring (bicyclic) bond motifs is 1. The molecular weight excluding hydrogens is 400 g/mol. The van der Waals surface area contributed by atoms with E-state index in [4.69, 9.17) is 0 Å². The Morgan fingerprint density at radius 2 is 1.97 bits per heavy atom. The molecule has 1 saturated heterocycles. The van der Waals surface area contributed by atoms with Crippen LogP contribution in [-0.4, -0.2) is 28.3 Å². The summed E-state index contributed by atoms with van der Waals surface area (Å²) in [5.41, 5.74) is 3.05. The van der Waals surface area contributed by atoms with E-state index >= 15 is 0 Å². The molecule has 152 valence electrons. The van der Waals surface area contributed by atoms with Crippen LogP contribution in [0.25, 0.3) is 0 Å². The van der Waals surface area contributed by atoms with Gasteiger partial charge >= 0.3 is 0 Å². The summed E-state index contributed by atoms with van der Waals surface area (Å²) in [7, 11) is 0. The molecule has 1 atom stereocenters. The van der Waals surface area contributed by atoms with Gasteiger partial charge in [0.1, 0.15) is 0 Å². The van der Waals surface area contributed by atoms with Crippen molar-refractivity contribution in [3.05, 3.63) is 80.4 Å². The van der Waals surface area contributed by atoms with E-state index in [0.29, 0.717) is 28.7 Å². The molecule has 7 nitrogen and oxygen atoms in total. The monoisotopic (exact) mass is 420 g/mol. The lowest BCUT2D eigenvalue weighted by Crippen LogP contribution is -2.47. The van der Waals surface area contributed by atoms with E-state index in [2.05, 4.69) is 30.0 Å². The third-order valence-electron chi connectivity index (χ3n) is 5.51. The first-order valence-electron chi connectivity index (χ1n) is 9.68. The molecule has 0 aromatic heterocycles. The van der Waals surface area contributed by atoms with Crippen LogP contribution in [0.5, 0.6) is 0 Å². The highest BCUT2D eigenvalue weighted by Gasteiger charge is 2.40. The topological polar surface area (TPSA) is 90.5 Å². The Bertz CT molecular complexity index is 1070. The van der Waals surface area contributed by atoms with Gasteiger partial charge in [0.2, 0.25) is 5.91 Å². The van der Waals surface area contributed by atoms with Gasteiger partial charge in [-0.05, 0) is 24.1 Å². The van der Waals surface area contributed by atoms with Crippen molar-refractivity contribution in [3.8, 4) is 6.07 Å². The first-order chi connectivity index (χ1) is 14.5. The molecule has 0 spiro atoms. The zero-order valence-electron chi connectivity index (χ0n) is 16.4. The summed E-state index contributed by atoms with van der Waals surface area (Å²) >= 11 is 1.43. The predicted octanol–water partition coefficient (Wildman–Crippen LogP) is 4.38. The normalized spacial score (nSPS) is 18.8. The van der Waals surface area contributed by atoms with Crippen molar-refractivity contribution in [2.24, 2.45) is 0 Å². The molecule has 2 aromatic carbocycles. The van der Waals surface area contributed by atoms with Crippen molar-refractivity contribution in [1.29, 1.82) is 5.26 Å². The standard InChI is InChI=1S/C22H20N4O3S/c1-2-15-7-9-16(10-8-15)24-13-25-21(27)11-18(19(12-23)22(25)30-14-24)17-5-3-4-6-20(17)26(28)29/h3-10,18H,2,11,13-14H2,1H3. The van der Waals surface area contributed by atoms with Crippen LogP contribution >= 0.6 is 11.8 Å². The van der Waals surface area contributed by atoms with Crippen molar-refractivity contribution in [1.82, 2.24) is 4.90 Å². The lowest BCUT2D eigenvalue weighted by molar-refractivity contribution is -0.385. The van der Waals surface area contributed by atoms with Crippen LogP contribution in [0.4, 0.5) is 11.4 Å². The van der Waals surface area contributed by atoms with Gasteiger partial charge in [-0.3, -0.25) is 19.8 Å². The third kappa shape index (κ3) is 3.53. The fourth-order valence-corrected chi connectivity index (χ4v) is 5.05. The van der Waals surface area contributed by atoms with Crippen LogP contribution in [-0.2, 0) is 11.2 Å². The number of amides is 1. The van der Waals surface area contributed by atoms with Gasteiger partial charge in [0.15, 0.2) is 0 Å². The van der Waals surface area contributed by atoms with E-state index in [0.717, 1.165) is 12.1 Å². The maximum absolute atomic E-state index is 13.0. The number of nitrogens with zero attached hydrogens (tertiary/aromatic N) is 4. The Kier molecular flexibility index (Phi) is 5.46. The van der Waals surface area contributed by atoms with Gasteiger partial charge in [-0.2, -0.15) is 5.26 Å². The summed E-state index contributed by atoms with van der Waals surface area (Å²) in [4.78, 5) is 27.7. The molecule has 0 N–H and O–H groups in total. The number of nitriles is 1. The first-order valence-corrected chi connectivity index (χ1v) is 10.7. The van der Waals surface area contributed by atoms with Crippen molar-refractivity contribution < 1.29 is 9.72 Å². The van der Waals surface area contributed by atoms with Crippen LogP contribution in [0.15, 0.2) is 59.1 Å². The first kappa shape index (κ1) is 20.0. The molecule has 2 aliphatic rings. The fraction of sp³-hybridized carbons (Fsp3) is 0.273. The molecule has 2 heterocycles. The summed E-state index contributed by atoms with van der Waals surface area (Å²) in [6, 6.07) is 16.8. The molecule has 1 fully saturated rings. The lowest BCUT2D eigenvalue weighted by atomic mass is 9.85. The number of hydrogen-bond donors (Lipinski definition) is 0. The third-order valence-corrected chi connectivity index (χ3v) is 6.67.